The fourth-order valence-electron chi connectivity index (χ4n) is 4.38. The zero-order valence-corrected chi connectivity index (χ0v) is 19.8. The van der Waals surface area contributed by atoms with Crippen LogP contribution in [0.5, 0.6) is 0 Å². The number of carbonyl (C=O) groups is 3. The molecule has 33 heavy (non-hydrogen) atoms. The molecule has 1 unspecified atom stereocenters. The first-order chi connectivity index (χ1) is 15.8. The van der Waals surface area contributed by atoms with E-state index < -0.39 is 17.5 Å². The molecule has 0 aliphatic carbocycles. The monoisotopic (exact) mass is 468 g/mol. The summed E-state index contributed by atoms with van der Waals surface area (Å²) in [5.74, 6) is -0.608. The van der Waals surface area contributed by atoms with Crippen molar-refractivity contribution < 1.29 is 14.4 Å². The molecule has 8 heteroatoms. The fourth-order valence-corrected chi connectivity index (χ4v) is 4.51. The van der Waals surface area contributed by atoms with Crippen molar-refractivity contribution in [1.29, 1.82) is 0 Å². The van der Waals surface area contributed by atoms with Gasteiger partial charge in [0.25, 0.3) is 5.91 Å². The number of amides is 4. The number of aryl methyl sites for hydroxylation is 1. The van der Waals surface area contributed by atoms with Crippen LogP contribution in [0.3, 0.4) is 0 Å². The third kappa shape index (κ3) is 5.04. The number of rotatable bonds is 5. The van der Waals surface area contributed by atoms with Gasteiger partial charge in [0, 0.05) is 37.7 Å². The van der Waals surface area contributed by atoms with E-state index in [-0.39, 0.29) is 12.5 Å². The molecule has 174 valence electrons. The summed E-state index contributed by atoms with van der Waals surface area (Å²) in [6, 6.07) is 14.7. The topological polar surface area (TPSA) is 73.0 Å². The van der Waals surface area contributed by atoms with Gasteiger partial charge in [-0.1, -0.05) is 53.6 Å². The van der Waals surface area contributed by atoms with Crippen molar-refractivity contribution in [2.45, 2.75) is 32.4 Å². The molecule has 0 aromatic heterocycles. The van der Waals surface area contributed by atoms with Gasteiger partial charge in [0.15, 0.2) is 0 Å². The van der Waals surface area contributed by atoms with Crippen molar-refractivity contribution in [2.24, 2.45) is 0 Å². The molecule has 0 spiro atoms. The first-order valence-corrected chi connectivity index (χ1v) is 11.6. The van der Waals surface area contributed by atoms with E-state index >= 15 is 0 Å². The second-order valence-corrected chi connectivity index (χ2v) is 9.39. The van der Waals surface area contributed by atoms with E-state index in [2.05, 4.69) is 10.2 Å². The second-order valence-electron chi connectivity index (χ2n) is 8.95. The smallest absolute Gasteiger partial charge is 0.325 e. The lowest BCUT2D eigenvalue weighted by Crippen LogP contribution is -2.45. The number of nitrogens with one attached hydrogen (secondary N) is 1. The molecule has 0 radical (unpaired) electrons. The van der Waals surface area contributed by atoms with Gasteiger partial charge in [0.05, 0.1) is 0 Å². The van der Waals surface area contributed by atoms with Crippen LogP contribution in [-0.4, -0.2) is 65.3 Å². The van der Waals surface area contributed by atoms with E-state index in [9.17, 15) is 14.4 Å². The predicted octanol–water partition coefficient (Wildman–Crippen LogP) is 3.15. The summed E-state index contributed by atoms with van der Waals surface area (Å²) in [6.07, 6.45) is 0.834. The Bertz CT molecular complexity index is 1040. The number of benzene rings is 2. The van der Waals surface area contributed by atoms with Crippen LogP contribution in [0.4, 0.5) is 4.79 Å². The molecule has 2 aliphatic heterocycles. The minimum absolute atomic E-state index is 0.208. The summed E-state index contributed by atoms with van der Waals surface area (Å²) in [7, 11) is 0. The first-order valence-electron chi connectivity index (χ1n) is 11.2. The van der Waals surface area contributed by atoms with Gasteiger partial charge in [-0.25, -0.2) is 4.79 Å². The fraction of sp³-hybridized carbons (Fsp3) is 0.400. The molecule has 2 aromatic rings. The van der Waals surface area contributed by atoms with Gasteiger partial charge in [-0.05, 0) is 43.5 Å². The average molecular weight is 469 g/mol. The van der Waals surface area contributed by atoms with Gasteiger partial charge in [-0.2, -0.15) is 0 Å². The Morgan fingerprint density at radius 3 is 2.39 bits per heavy atom. The number of hydrogen-bond donors (Lipinski definition) is 1. The minimum Gasteiger partial charge on any atom is -0.340 e. The van der Waals surface area contributed by atoms with Gasteiger partial charge in [-0.3, -0.25) is 19.4 Å². The Morgan fingerprint density at radius 2 is 1.70 bits per heavy atom. The summed E-state index contributed by atoms with van der Waals surface area (Å²) in [4.78, 5) is 43.9. The lowest BCUT2D eigenvalue weighted by molar-refractivity contribution is -0.138. The highest BCUT2D eigenvalue weighted by atomic mass is 35.5. The molecular weight excluding hydrogens is 440 g/mol. The maximum Gasteiger partial charge on any atom is 0.325 e. The standard InChI is InChI=1S/C25H29ClN4O3/c1-18-4-8-20(9-5-18)25(2)23(32)30(24(33)27-25)17-22(31)29-13-3-12-28(14-15-29)16-19-6-10-21(26)11-7-19/h4-11H,3,12-17H2,1-2H3,(H,27,33). The molecule has 7 nitrogen and oxygen atoms in total. The van der Waals surface area contributed by atoms with E-state index in [4.69, 9.17) is 11.6 Å². The Balaban J connectivity index is 1.36. The number of imide groups is 1. The maximum atomic E-state index is 13.1. The zero-order chi connectivity index (χ0) is 23.6. The SMILES string of the molecule is Cc1ccc(C2(C)NC(=O)N(CC(=O)N3CCCN(Cc4ccc(Cl)cc4)CC3)C2=O)cc1. The predicted molar refractivity (Wildman–Crippen MR) is 127 cm³/mol. The maximum absolute atomic E-state index is 13.1. The van der Waals surface area contributed by atoms with Gasteiger partial charge in [-0.15, -0.1) is 0 Å². The molecular formula is C25H29ClN4O3. The quantitative estimate of drug-likeness (QED) is 0.684. The van der Waals surface area contributed by atoms with Crippen molar-refractivity contribution in [1.82, 2.24) is 20.0 Å². The number of halogens is 1. The first kappa shape index (κ1) is 23.3. The molecule has 0 saturated carbocycles. The summed E-state index contributed by atoms with van der Waals surface area (Å²) < 4.78 is 0. The van der Waals surface area contributed by atoms with Crippen LogP contribution in [0.15, 0.2) is 48.5 Å². The van der Waals surface area contributed by atoms with Crippen LogP contribution in [0, 0.1) is 6.92 Å². The largest absolute Gasteiger partial charge is 0.340 e. The van der Waals surface area contributed by atoms with Crippen LogP contribution in [-0.2, 0) is 21.7 Å². The van der Waals surface area contributed by atoms with Crippen LogP contribution in [0.25, 0.3) is 0 Å². The lowest BCUT2D eigenvalue weighted by Gasteiger charge is -2.25. The van der Waals surface area contributed by atoms with Crippen molar-refractivity contribution >= 4 is 29.4 Å². The summed E-state index contributed by atoms with van der Waals surface area (Å²) in [5, 5.41) is 3.49. The van der Waals surface area contributed by atoms with E-state index in [1.807, 2.05) is 55.5 Å². The van der Waals surface area contributed by atoms with Gasteiger partial charge in [0.2, 0.25) is 5.91 Å². The molecule has 4 amide bonds. The van der Waals surface area contributed by atoms with Crippen molar-refractivity contribution in [3.05, 3.63) is 70.2 Å². The highest BCUT2D eigenvalue weighted by Gasteiger charge is 2.49. The summed E-state index contributed by atoms with van der Waals surface area (Å²) in [5.41, 5.74) is 1.78. The lowest BCUT2D eigenvalue weighted by atomic mass is 9.91. The zero-order valence-electron chi connectivity index (χ0n) is 19.0. The molecule has 1 N–H and O–H groups in total. The van der Waals surface area contributed by atoms with E-state index in [1.165, 1.54) is 5.56 Å². The third-order valence-electron chi connectivity index (χ3n) is 6.46. The van der Waals surface area contributed by atoms with Gasteiger partial charge < -0.3 is 10.2 Å². The Morgan fingerprint density at radius 1 is 1.00 bits per heavy atom. The molecule has 2 heterocycles. The highest BCUT2D eigenvalue weighted by molar-refractivity contribution is 6.30. The van der Waals surface area contributed by atoms with Gasteiger partial charge >= 0.3 is 6.03 Å². The second kappa shape index (κ2) is 9.53. The molecule has 0 bridgehead atoms. The van der Waals surface area contributed by atoms with E-state index in [0.717, 1.165) is 36.5 Å². The molecule has 2 aliphatic rings. The Hall–Kier alpha value is -2.90. The Labute approximate surface area is 199 Å². The summed E-state index contributed by atoms with van der Waals surface area (Å²) >= 11 is 5.97. The van der Waals surface area contributed by atoms with Crippen LogP contribution >= 0.6 is 11.6 Å². The molecule has 1 atom stereocenters. The third-order valence-corrected chi connectivity index (χ3v) is 6.71. The molecule has 2 saturated heterocycles. The van der Waals surface area contributed by atoms with Crippen LogP contribution in [0.2, 0.25) is 5.02 Å². The van der Waals surface area contributed by atoms with Crippen LogP contribution < -0.4 is 5.32 Å². The summed E-state index contributed by atoms with van der Waals surface area (Å²) in [6.45, 7) is 6.97. The molecule has 2 fully saturated rings. The number of hydrogen-bond acceptors (Lipinski definition) is 4. The minimum atomic E-state index is -1.17. The average Bonchev–Trinajstić information content (AvgIpc) is 2.94. The van der Waals surface area contributed by atoms with Crippen LogP contribution in [0.1, 0.15) is 30.0 Å². The number of carbonyl (C=O) groups excluding carboxylic acids is 3. The van der Waals surface area contributed by atoms with Gasteiger partial charge in [0.1, 0.15) is 12.1 Å². The van der Waals surface area contributed by atoms with Crippen molar-refractivity contribution in [2.75, 3.05) is 32.7 Å². The van der Waals surface area contributed by atoms with E-state index in [1.54, 1.807) is 11.8 Å². The Kier molecular flexibility index (Phi) is 6.72. The molecule has 2 aromatic carbocycles. The number of urea groups is 1. The normalized spacial score (nSPS) is 21.8. The number of nitrogens with zero attached hydrogens (tertiary/aromatic N) is 3. The van der Waals surface area contributed by atoms with Crippen molar-refractivity contribution in [3.63, 3.8) is 0 Å². The molecule has 4 rings (SSSR count). The van der Waals surface area contributed by atoms with E-state index in [0.29, 0.717) is 23.7 Å². The highest BCUT2D eigenvalue weighted by Crippen LogP contribution is 2.29. The van der Waals surface area contributed by atoms with Crippen molar-refractivity contribution in [3.8, 4) is 0 Å².